The van der Waals surface area contributed by atoms with Crippen LogP contribution in [-0.4, -0.2) is 39.0 Å². The number of nitrogens with one attached hydrogen (secondary N) is 1. The molecule has 2 fully saturated rings. The fraction of sp³-hybridized carbons (Fsp3) is 0.636. The van der Waals surface area contributed by atoms with Gasteiger partial charge in [0.05, 0.1) is 17.9 Å². The number of amides is 1. The summed E-state index contributed by atoms with van der Waals surface area (Å²) in [4.78, 5) is 24.5. The number of fused-ring (bicyclic) bond motifs is 2. The summed E-state index contributed by atoms with van der Waals surface area (Å²) in [5.41, 5.74) is 3.30. The number of piperidine rings is 1. The van der Waals surface area contributed by atoms with Crippen molar-refractivity contribution in [2.45, 2.75) is 76.7 Å². The predicted octanol–water partition coefficient (Wildman–Crippen LogP) is 3.48. The highest BCUT2D eigenvalue weighted by atomic mass is 16.5. The van der Waals surface area contributed by atoms with E-state index in [0.717, 1.165) is 61.9 Å². The fourth-order valence-corrected chi connectivity index (χ4v) is 4.97. The molecule has 0 bridgehead atoms. The van der Waals surface area contributed by atoms with E-state index in [-0.39, 0.29) is 11.3 Å². The number of carbonyl (C=O) groups is 1. The van der Waals surface area contributed by atoms with Crippen molar-refractivity contribution < 1.29 is 9.32 Å². The molecule has 3 heterocycles. The lowest BCUT2D eigenvalue weighted by atomic mass is 9.77. The first-order valence-electron chi connectivity index (χ1n) is 10.9. The Morgan fingerprint density at radius 3 is 2.93 bits per heavy atom. The number of aromatic nitrogens is 3. The van der Waals surface area contributed by atoms with Gasteiger partial charge in [-0.3, -0.25) is 4.79 Å². The first-order chi connectivity index (χ1) is 14.1. The van der Waals surface area contributed by atoms with Gasteiger partial charge in [-0.2, -0.15) is 0 Å². The van der Waals surface area contributed by atoms with Crippen LogP contribution in [0.1, 0.15) is 79.9 Å². The first kappa shape index (κ1) is 18.6. The van der Waals surface area contributed by atoms with Crippen LogP contribution in [0.25, 0.3) is 0 Å². The zero-order valence-corrected chi connectivity index (χ0v) is 17.3. The average Bonchev–Trinajstić information content (AvgIpc) is 3.43. The van der Waals surface area contributed by atoms with Gasteiger partial charge in [0.25, 0.3) is 0 Å². The Balaban J connectivity index is 1.47. The van der Waals surface area contributed by atoms with Gasteiger partial charge in [0.2, 0.25) is 5.91 Å². The Kier molecular flexibility index (Phi) is 4.56. The van der Waals surface area contributed by atoms with Gasteiger partial charge in [-0.05, 0) is 45.4 Å². The van der Waals surface area contributed by atoms with Gasteiger partial charge in [-0.1, -0.05) is 12.1 Å². The van der Waals surface area contributed by atoms with Gasteiger partial charge in [0.15, 0.2) is 5.76 Å². The first-order valence-corrected chi connectivity index (χ1v) is 10.9. The van der Waals surface area contributed by atoms with E-state index >= 15 is 0 Å². The van der Waals surface area contributed by atoms with Crippen molar-refractivity contribution in [2.24, 2.45) is 0 Å². The van der Waals surface area contributed by atoms with E-state index in [1.807, 2.05) is 19.9 Å². The van der Waals surface area contributed by atoms with Gasteiger partial charge in [0.1, 0.15) is 11.6 Å². The number of aryl methyl sites for hydroxylation is 1. The van der Waals surface area contributed by atoms with Gasteiger partial charge in [-0.25, -0.2) is 9.97 Å². The third kappa shape index (κ3) is 3.40. The Morgan fingerprint density at radius 1 is 1.34 bits per heavy atom. The molecule has 29 heavy (non-hydrogen) atoms. The second-order valence-corrected chi connectivity index (χ2v) is 8.87. The van der Waals surface area contributed by atoms with E-state index < -0.39 is 0 Å². The predicted molar refractivity (Wildman–Crippen MR) is 109 cm³/mol. The summed E-state index contributed by atoms with van der Waals surface area (Å²) < 4.78 is 5.36. The molecule has 1 unspecified atom stereocenters. The van der Waals surface area contributed by atoms with Crippen LogP contribution in [0.3, 0.4) is 0 Å². The van der Waals surface area contributed by atoms with Gasteiger partial charge >= 0.3 is 0 Å². The monoisotopic (exact) mass is 395 g/mol. The average molecular weight is 396 g/mol. The van der Waals surface area contributed by atoms with Crippen molar-refractivity contribution in [3.05, 3.63) is 34.6 Å². The number of nitrogens with zero attached hydrogens (tertiary/aromatic N) is 4. The fourth-order valence-electron chi connectivity index (χ4n) is 4.97. The smallest absolute Gasteiger partial charge is 0.222 e. The maximum Gasteiger partial charge on any atom is 0.222 e. The van der Waals surface area contributed by atoms with Crippen LogP contribution >= 0.6 is 0 Å². The largest absolute Gasteiger partial charge is 0.362 e. The number of rotatable bonds is 5. The van der Waals surface area contributed by atoms with E-state index in [1.54, 1.807) is 0 Å². The molecule has 2 aromatic heterocycles. The minimum atomic E-state index is -0.00967. The summed E-state index contributed by atoms with van der Waals surface area (Å²) >= 11 is 0. The molecule has 3 aliphatic rings. The topological polar surface area (TPSA) is 84.2 Å². The second kappa shape index (κ2) is 7.11. The molecule has 1 saturated heterocycles. The molecule has 1 N–H and O–H groups in total. The molecule has 7 heteroatoms. The molecular weight excluding hydrogens is 366 g/mol. The van der Waals surface area contributed by atoms with Crippen LogP contribution in [0.2, 0.25) is 0 Å². The third-order valence-electron chi connectivity index (χ3n) is 6.66. The quantitative estimate of drug-likeness (QED) is 0.834. The minimum absolute atomic E-state index is 0.00967. The molecule has 1 amide bonds. The molecule has 2 aliphatic carbocycles. The minimum Gasteiger partial charge on any atom is -0.362 e. The molecule has 1 atom stereocenters. The Bertz CT molecular complexity index is 935. The van der Waals surface area contributed by atoms with Gasteiger partial charge < -0.3 is 14.7 Å². The molecule has 1 aliphatic heterocycles. The Hall–Kier alpha value is -2.44. The van der Waals surface area contributed by atoms with Crippen molar-refractivity contribution in [3.8, 4) is 0 Å². The molecule has 0 radical (unpaired) electrons. The molecule has 7 nitrogen and oxygen atoms in total. The highest BCUT2D eigenvalue weighted by Gasteiger charge is 2.46. The molecule has 5 rings (SSSR count). The zero-order chi connectivity index (χ0) is 20.0. The van der Waals surface area contributed by atoms with Crippen molar-refractivity contribution in [1.29, 1.82) is 0 Å². The van der Waals surface area contributed by atoms with E-state index in [9.17, 15) is 4.79 Å². The lowest BCUT2D eigenvalue weighted by Crippen LogP contribution is -2.47. The number of carbonyl (C=O) groups excluding carboxylic acids is 1. The summed E-state index contributed by atoms with van der Waals surface area (Å²) in [6.07, 6.45) is 7.09. The van der Waals surface area contributed by atoms with Gasteiger partial charge in [0, 0.05) is 42.5 Å². The van der Waals surface area contributed by atoms with E-state index in [1.165, 1.54) is 24.1 Å². The molecule has 1 spiro atoms. The zero-order valence-electron chi connectivity index (χ0n) is 17.3. The highest BCUT2D eigenvalue weighted by molar-refractivity contribution is 5.76. The molecule has 154 valence electrons. The molecular formula is C22H29N5O2. The number of hydrogen-bond donors (Lipinski definition) is 1. The summed E-state index contributed by atoms with van der Waals surface area (Å²) in [6.45, 7) is 6.13. The van der Waals surface area contributed by atoms with Crippen LogP contribution in [-0.2, 0) is 23.2 Å². The lowest BCUT2D eigenvalue weighted by molar-refractivity contribution is -0.133. The second-order valence-electron chi connectivity index (χ2n) is 8.87. The Labute approximate surface area is 171 Å². The normalized spacial score (nSPS) is 23.4. The summed E-state index contributed by atoms with van der Waals surface area (Å²) in [7, 11) is 0. The van der Waals surface area contributed by atoms with Crippen LogP contribution < -0.4 is 5.32 Å². The summed E-state index contributed by atoms with van der Waals surface area (Å²) in [5.74, 6) is 3.48. The van der Waals surface area contributed by atoms with E-state index in [0.29, 0.717) is 18.9 Å². The summed E-state index contributed by atoms with van der Waals surface area (Å²) in [5, 5.41) is 7.47. The van der Waals surface area contributed by atoms with Crippen LogP contribution in [0.5, 0.6) is 0 Å². The molecule has 2 aromatic rings. The van der Waals surface area contributed by atoms with E-state index in [2.05, 4.69) is 15.4 Å². The van der Waals surface area contributed by atoms with Gasteiger partial charge in [-0.15, -0.1) is 0 Å². The van der Waals surface area contributed by atoms with Crippen LogP contribution in [0, 0.1) is 6.92 Å². The number of anilines is 1. The highest BCUT2D eigenvalue weighted by Crippen LogP contribution is 2.48. The van der Waals surface area contributed by atoms with Crippen molar-refractivity contribution >= 4 is 11.7 Å². The molecule has 0 aromatic carbocycles. The van der Waals surface area contributed by atoms with E-state index in [4.69, 9.17) is 14.5 Å². The van der Waals surface area contributed by atoms with Crippen LogP contribution in [0.4, 0.5) is 5.82 Å². The maximum atomic E-state index is 12.4. The number of likely N-dealkylation sites (tertiary alicyclic amines) is 1. The third-order valence-corrected chi connectivity index (χ3v) is 6.66. The van der Waals surface area contributed by atoms with Crippen LogP contribution in [0.15, 0.2) is 10.6 Å². The summed E-state index contributed by atoms with van der Waals surface area (Å²) in [6, 6.07) is 1.95. The Morgan fingerprint density at radius 2 is 2.21 bits per heavy atom. The maximum absolute atomic E-state index is 12.4. The standard InChI is InChI=1S/C22H29N5O2/c1-3-18(28)27-10-4-8-22(13-27)9-7-17-19(22)24-20(15-5-6-15)25-21(17)23-12-16-11-14(2)26-29-16/h11,15H,3-10,12-13H2,1-2H3,(H,23,24,25). The SMILES string of the molecule is CCC(=O)N1CCCC2(CCc3c(NCc4cc(C)no4)nc(C4CC4)nc32)C1. The van der Waals surface area contributed by atoms with Crippen molar-refractivity contribution in [1.82, 2.24) is 20.0 Å². The lowest BCUT2D eigenvalue weighted by Gasteiger charge is -2.40. The van der Waals surface area contributed by atoms with Crippen molar-refractivity contribution in [2.75, 3.05) is 18.4 Å². The molecule has 1 saturated carbocycles. The number of hydrogen-bond acceptors (Lipinski definition) is 6. The van der Waals surface area contributed by atoms with Crippen molar-refractivity contribution in [3.63, 3.8) is 0 Å².